The van der Waals surface area contributed by atoms with Crippen LogP contribution in [0.15, 0.2) is 5.16 Å². The number of carbonyl (C=O) groups is 1. The van der Waals surface area contributed by atoms with Crippen molar-refractivity contribution in [1.29, 1.82) is 0 Å². The lowest BCUT2D eigenvalue weighted by atomic mass is 10.0. The van der Waals surface area contributed by atoms with E-state index >= 15 is 0 Å². The molecule has 2 saturated heterocycles. The Hall–Kier alpha value is -0.810. The number of halogens is 1. The van der Waals surface area contributed by atoms with Gasteiger partial charge in [-0.15, -0.1) is 12.4 Å². The summed E-state index contributed by atoms with van der Waals surface area (Å²) in [5.74, 6) is 0.158. The fourth-order valence-electron chi connectivity index (χ4n) is 1.94. The van der Waals surface area contributed by atoms with Gasteiger partial charge in [0.2, 0.25) is 6.61 Å². The maximum Gasteiger partial charge on any atom is 0.346 e. The first kappa shape index (κ1) is 12.3. The van der Waals surface area contributed by atoms with Crippen molar-refractivity contribution in [3.8, 4) is 0 Å². The van der Waals surface area contributed by atoms with Crippen LogP contribution in [0, 0.1) is 5.92 Å². The summed E-state index contributed by atoms with van der Waals surface area (Å²) in [6.45, 7) is 3.07. The predicted molar refractivity (Wildman–Crippen MR) is 57.2 cm³/mol. The third-order valence-corrected chi connectivity index (χ3v) is 2.72. The number of esters is 1. The molecule has 2 rings (SSSR count). The van der Waals surface area contributed by atoms with Crippen molar-refractivity contribution in [3.05, 3.63) is 0 Å². The lowest BCUT2D eigenvalue weighted by Crippen LogP contribution is -2.23. The maximum atomic E-state index is 10.7. The normalized spacial score (nSPS) is 30.1. The molecule has 15 heavy (non-hydrogen) atoms. The SMILES string of the molecule is COC(=O)CON=C1CN2CCC1C2.Cl. The van der Waals surface area contributed by atoms with Gasteiger partial charge in [0.25, 0.3) is 0 Å². The summed E-state index contributed by atoms with van der Waals surface area (Å²) < 4.78 is 4.43. The Morgan fingerprint density at radius 2 is 2.47 bits per heavy atom. The summed E-state index contributed by atoms with van der Waals surface area (Å²) in [7, 11) is 1.34. The molecule has 2 bridgehead atoms. The van der Waals surface area contributed by atoms with E-state index in [1.165, 1.54) is 20.1 Å². The highest BCUT2D eigenvalue weighted by atomic mass is 35.5. The van der Waals surface area contributed by atoms with Crippen molar-refractivity contribution < 1.29 is 14.4 Å². The van der Waals surface area contributed by atoms with Crippen LogP contribution in [0.5, 0.6) is 0 Å². The molecule has 0 amide bonds. The Bertz CT molecular complexity index is 270. The van der Waals surface area contributed by atoms with Gasteiger partial charge in [-0.25, -0.2) is 4.79 Å². The molecule has 2 atom stereocenters. The molecule has 0 aliphatic carbocycles. The Balaban J connectivity index is 0.00000112. The molecular formula is C9H15ClN2O3. The van der Waals surface area contributed by atoms with E-state index in [-0.39, 0.29) is 19.0 Å². The maximum absolute atomic E-state index is 10.7. The molecule has 0 saturated carbocycles. The van der Waals surface area contributed by atoms with Gasteiger partial charge in [-0.3, -0.25) is 4.90 Å². The molecule has 2 aliphatic heterocycles. The number of fused-ring (bicyclic) bond motifs is 2. The van der Waals surface area contributed by atoms with Crippen LogP contribution in [0.2, 0.25) is 0 Å². The average molecular weight is 235 g/mol. The van der Waals surface area contributed by atoms with Gasteiger partial charge < -0.3 is 9.57 Å². The van der Waals surface area contributed by atoms with Crippen LogP contribution in [0.3, 0.4) is 0 Å². The minimum atomic E-state index is -0.391. The Morgan fingerprint density at radius 1 is 1.67 bits per heavy atom. The van der Waals surface area contributed by atoms with E-state index in [2.05, 4.69) is 14.8 Å². The number of oxime groups is 1. The molecule has 0 spiro atoms. The molecule has 2 unspecified atom stereocenters. The van der Waals surface area contributed by atoms with Crippen LogP contribution in [0.1, 0.15) is 6.42 Å². The minimum absolute atomic E-state index is 0. The molecule has 2 fully saturated rings. The average Bonchev–Trinajstić information content (AvgIpc) is 2.79. The van der Waals surface area contributed by atoms with E-state index in [1.807, 2.05) is 0 Å². The lowest BCUT2D eigenvalue weighted by Gasteiger charge is -2.12. The van der Waals surface area contributed by atoms with E-state index in [4.69, 9.17) is 4.84 Å². The molecule has 0 aromatic heterocycles. The van der Waals surface area contributed by atoms with E-state index in [0.717, 1.165) is 18.8 Å². The van der Waals surface area contributed by atoms with Crippen molar-refractivity contribution in [1.82, 2.24) is 4.90 Å². The summed E-state index contributed by atoms with van der Waals surface area (Å²) in [5, 5.41) is 3.97. The summed E-state index contributed by atoms with van der Waals surface area (Å²) >= 11 is 0. The van der Waals surface area contributed by atoms with Crippen molar-refractivity contribution in [2.24, 2.45) is 11.1 Å². The van der Waals surface area contributed by atoms with Crippen LogP contribution < -0.4 is 0 Å². The second-order valence-corrected chi connectivity index (χ2v) is 3.65. The van der Waals surface area contributed by atoms with Crippen LogP contribution >= 0.6 is 12.4 Å². The van der Waals surface area contributed by atoms with Crippen molar-refractivity contribution in [2.75, 3.05) is 33.4 Å². The van der Waals surface area contributed by atoms with E-state index < -0.39 is 5.97 Å². The third kappa shape index (κ3) is 2.82. The quantitative estimate of drug-likeness (QED) is 0.520. The minimum Gasteiger partial charge on any atom is -0.466 e. The Labute approximate surface area is 94.8 Å². The molecule has 0 aromatic carbocycles. The second kappa shape index (κ2) is 5.32. The molecule has 0 aromatic rings. The highest BCUT2D eigenvalue weighted by molar-refractivity contribution is 5.91. The summed E-state index contributed by atoms with van der Waals surface area (Å²) in [5.41, 5.74) is 1.07. The van der Waals surface area contributed by atoms with Crippen LogP contribution in [0.25, 0.3) is 0 Å². The number of piperidine rings is 1. The zero-order chi connectivity index (χ0) is 9.97. The first-order valence-corrected chi connectivity index (χ1v) is 4.77. The topological polar surface area (TPSA) is 51.1 Å². The Kier molecular flexibility index (Phi) is 4.35. The van der Waals surface area contributed by atoms with Crippen molar-refractivity contribution in [3.63, 3.8) is 0 Å². The first-order chi connectivity index (χ1) is 6.79. The molecular weight excluding hydrogens is 220 g/mol. The molecule has 2 heterocycles. The molecule has 0 N–H and O–H groups in total. The van der Waals surface area contributed by atoms with Gasteiger partial charge in [-0.2, -0.15) is 0 Å². The number of rotatable bonds is 3. The lowest BCUT2D eigenvalue weighted by molar-refractivity contribution is -0.145. The van der Waals surface area contributed by atoms with Gasteiger partial charge in [-0.1, -0.05) is 5.16 Å². The standard InChI is InChI=1S/C9H14N2O3.ClH/c1-13-9(12)6-14-10-8-5-11-3-2-7(8)4-11;/h7H,2-6H2,1H3;1H. The fraction of sp³-hybridized carbons (Fsp3) is 0.778. The van der Waals surface area contributed by atoms with Crippen LogP contribution in [-0.4, -0.2) is 49.9 Å². The van der Waals surface area contributed by atoms with Crippen LogP contribution in [0.4, 0.5) is 0 Å². The monoisotopic (exact) mass is 234 g/mol. The number of hydrogen-bond acceptors (Lipinski definition) is 5. The highest BCUT2D eigenvalue weighted by Crippen LogP contribution is 2.25. The molecule has 6 heteroatoms. The summed E-state index contributed by atoms with van der Waals surface area (Å²) in [6, 6.07) is 0. The molecule has 5 nitrogen and oxygen atoms in total. The highest BCUT2D eigenvalue weighted by Gasteiger charge is 2.35. The van der Waals surface area contributed by atoms with Gasteiger partial charge in [0.05, 0.1) is 12.8 Å². The smallest absolute Gasteiger partial charge is 0.346 e. The van der Waals surface area contributed by atoms with E-state index in [1.54, 1.807) is 0 Å². The molecule has 86 valence electrons. The summed E-state index contributed by atoms with van der Waals surface area (Å²) in [4.78, 5) is 18.0. The van der Waals surface area contributed by atoms with Crippen LogP contribution in [-0.2, 0) is 14.4 Å². The van der Waals surface area contributed by atoms with Gasteiger partial charge in [0.1, 0.15) is 0 Å². The van der Waals surface area contributed by atoms with Crippen molar-refractivity contribution in [2.45, 2.75) is 6.42 Å². The number of ether oxygens (including phenoxy) is 1. The van der Waals surface area contributed by atoms with Gasteiger partial charge >= 0.3 is 5.97 Å². The summed E-state index contributed by atoms with van der Waals surface area (Å²) in [6.07, 6.45) is 1.17. The second-order valence-electron chi connectivity index (χ2n) is 3.65. The largest absolute Gasteiger partial charge is 0.466 e. The predicted octanol–water partition coefficient (Wildman–Crippen LogP) is 0.289. The molecule has 2 aliphatic rings. The number of methoxy groups -OCH3 is 1. The van der Waals surface area contributed by atoms with Gasteiger partial charge in [0, 0.05) is 19.0 Å². The van der Waals surface area contributed by atoms with Gasteiger partial charge in [0.15, 0.2) is 0 Å². The van der Waals surface area contributed by atoms with Crippen molar-refractivity contribution >= 4 is 24.1 Å². The molecule has 0 radical (unpaired) electrons. The van der Waals surface area contributed by atoms with Gasteiger partial charge in [-0.05, 0) is 13.0 Å². The third-order valence-electron chi connectivity index (χ3n) is 2.72. The fourth-order valence-corrected chi connectivity index (χ4v) is 1.94. The zero-order valence-corrected chi connectivity index (χ0v) is 9.46. The Morgan fingerprint density at radius 3 is 3.00 bits per heavy atom. The number of carbonyl (C=O) groups excluding carboxylic acids is 1. The zero-order valence-electron chi connectivity index (χ0n) is 8.64. The van der Waals surface area contributed by atoms with E-state index in [9.17, 15) is 4.79 Å². The number of nitrogens with zero attached hydrogens (tertiary/aromatic N) is 2. The number of hydrogen-bond donors (Lipinski definition) is 0. The first-order valence-electron chi connectivity index (χ1n) is 4.77. The van der Waals surface area contributed by atoms with E-state index in [0.29, 0.717) is 5.92 Å².